The third kappa shape index (κ3) is 6.99. The van der Waals surface area contributed by atoms with Crippen LogP contribution in [-0.4, -0.2) is 44.8 Å². The van der Waals surface area contributed by atoms with Gasteiger partial charge in [-0.15, -0.1) is 0 Å². The molecule has 22 heavy (non-hydrogen) atoms. The van der Waals surface area contributed by atoms with Gasteiger partial charge in [0.1, 0.15) is 0 Å². The number of hydrogen-bond acceptors (Lipinski definition) is 4. The number of rotatable bonds is 10. The fourth-order valence-corrected chi connectivity index (χ4v) is 2.53. The summed E-state index contributed by atoms with van der Waals surface area (Å²) >= 11 is 3.63. The number of halogens is 1. The zero-order chi connectivity index (χ0) is 16.5. The molecule has 1 rings (SSSR count). The SMILES string of the molecule is CCOc1cc(CNCCCN(C)C)c(Br)cc1OC(C)C. The molecule has 126 valence electrons. The Labute approximate surface area is 143 Å². The molecule has 0 amide bonds. The number of nitrogens with zero attached hydrogens (tertiary/aromatic N) is 1. The van der Waals surface area contributed by atoms with Gasteiger partial charge in [0.15, 0.2) is 11.5 Å². The Morgan fingerprint density at radius 2 is 1.95 bits per heavy atom. The van der Waals surface area contributed by atoms with E-state index in [0.29, 0.717) is 6.61 Å². The standard InChI is InChI=1S/C17H29BrN2O2/c1-6-21-16-10-14(12-19-8-7-9-20(4)5)15(18)11-17(16)22-13(2)3/h10-11,13,19H,6-9,12H2,1-5H3. The lowest BCUT2D eigenvalue weighted by molar-refractivity contribution is 0.223. The van der Waals surface area contributed by atoms with E-state index in [2.05, 4.69) is 46.3 Å². The van der Waals surface area contributed by atoms with Crippen molar-refractivity contribution in [3.05, 3.63) is 22.2 Å². The van der Waals surface area contributed by atoms with E-state index in [9.17, 15) is 0 Å². The molecule has 1 aromatic carbocycles. The van der Waals surface area contributed by atoms with Crippen LogP contribution in [0.25, 0.3) is 0 Å². The summed E-state index contributed by atoms with van der Waals surface area (Å²) in [7, 11) is 4.19. The van der Waals surface area contributed by atoms with Crippen molar-refractivity contribution in [2.24, 2.45) is 0 Å². The van der Waals surface area contributed by atoms with E-state index in [1.807, 2.05) is 26.8 Å². The molecule has 0 spiro atoms. The first kappa shape index (κ1) is 19.3. The Hall–Kier alpha value is -0.780. The van der Waals surface area contributed by atoms with E-state index in [1.165, 1.54) is 5.56 Å². The molecule has 5 heteroatoms. The van der Waals surface area contributed by atoms with Gasteiger partial charge in [-0.25, -0.2) is 0 Å². The van der Waals surface area contributed by atoms with Crippen molar-refractivity contribution in [3.8, 4) is 11.5 Å². The summed E-state index contributed by atoms with van der Waals surface area (Å²) < 4.78 is 12.6. The van der Waals surface area contributed by atoms with Crippen LogP contribution in [0, 0.1) is 0 Å². The zero-order valence-corrected chi connectivity index (χ0v) is 16.0. The summed E-state index contributed by atoms with van der Waals surface area (Å²) in [6, 6.07) is 4.06. The number of nitrogens with one attached hydrogen (secondary N) is 1. The highest BCUT2D eigenvalue weighted by Gasteiger charge is 2.12. The third-order valence-corrected chi connectivity index (χ3v) is 3.79. The molecule has 0 saturated heterocycles. The monoisotopic (exact) mass is 372 g/mol. The van der Waals surface area contributed by atoms with Crippen molar-refractivity contribution >= 4 is 15.9 Å². The Balaban J connectivity index is 2.68. The van der Waals surface area contributed by atoms with Crippen LogP contribution in [0.15, 0.2) is 16.6 Å². The average molecular weight is 373 g/mol. The van der Waals surface area contributed by atoms with Crippen molar-refractivity contribution in [1.82, 2.24) is 10.2 Å². The molecule has 1 aromatic rings. The maximum atomic E-state index is 5.82. The molecule has 0 heterocycles. The fourth-order valence-electron chi connectivity index (χ4n) is 2.07. The summed E-state index contributed by atoms with van der Waals surface area (Å²) in [6.45, 7) is 9.56. The maximum Gasteiger partial charge on any atom is 0.162 e. The Kier molecular flexibility index (Phi) is 8.83. The highest BCUT2D eigenvalue weighted by molar-refractivity contribution is 9.10. The molecule has 0 unspecified atom stereocenters. The second kappa shape index (κ2) is 10.1. The molecule has 0 fully saturated rings. The van der Waals surface area contributed by atoms with E-state index in [1.54, 1.807) is 0 Å². The van der Waals surface area contributed by atoms with Crippen molar-refractivity contribution in [2.75, 3.05) is 33.8 Å². The van der Waals surface area contributed by atoms with Gasteiger partial charge in [0.2, 0.25) is 0 Å². The van der Waals surface area contributed by atoms with Crippen molar-refractivity contribution in [1.29, 1.82) is 0 Å². The molecule has 0 aliphatic rings. The first-order valence-electron chi connectivity index (χ1n) is 7.91. The van der Waals surface area contributed by atoms with Gasteiger partial charge >= 0.3 is 0 Å². The molecule has 0 aliphatic carbocycles. The lowest BCUT2D eigenvalue weighted by atomic mass is 10.2. The van der Waals surface area contributed by atoms with Gasteiger partial charge in [0, 0.05) is 11.0 Å². The lowest BCUT2D eigenvalue weighted by Crippen LogP contribution is -2.21. The first-order valence-corrected chi connectivity index (χ1v) is 8.70. The van der Waals surface area contributed by atoms with Crippen molar-refractivity contribution < 1.29 is 9.47 Å². The quantitative estimate of drug-likeness (QED) is 0.635. The molecule has 0 atom stereocenters. The molecule has 1 N–H and O–H groups in total. The number of benzene rings is 1. The Bertz CT molecular complexity index is 451. The van der Waals surface area contributed by atoms with Gasteiger partial charge in [0.25, 0.3) is 0 Å². The number of ether oxygens (including phenoxy) is 2. The zero-order valence-electron chi connectivity index (χ0n) is 14.4. The normalized spacial score (nSPS) is 11.3. The second-order valence-corrected chi connectivity index (χ2v) is 6.68. The summed E-state index contributed by atoms with van der Waals surface area (Å²) in [5.41, 5.74) is 1.18. The van der Waals surface area contributed by atoms with Crippen LogP contribution in [0.2, 0.25) is 0 Å². The van der Waals surface area contributed by atoms with E-state index in [4.69, 9.17) is 9.47 Å². The molecule has 4 nitrogen and oxygen atoms in total. The molecule has 0 aromatic heterocycles. The molecule has 0 bridgehead atoms. The summed E-state index contributed by atoms with van der Waals surface area (Å²) in [4.78, 5) is 2.20. The van der Waals surface area contributed by atoms with Crippen LogP contribution < -0.4 is 14.8 Å². The minimum absolute atomic E-state index is 0.126. The highest BCUT2D eigenvalue weighted by Crippen LogP contribution is 2.34. The Morgan fingerprint density at radius 1 is 1.23 bits per heavy atom. The highest BCUT2D eigenvalue weighted by atomic mass is 79.9. The molecular weight excluding hydrogens is 344 g/mol. The van der Waals surface area contributed by atoms with E-state index < -0.39 is 0 Å². The fraction of sp³-hybridized carbons (Fsp3) is 0.647. The first-order chi connectivity index (χ1) is 10.4. The summed E-state index contributed by atoms with van der Waals surface area (Å²) in [5.74, 6) is 1.60. The van der Waals surface area contributed by atoms with Crippen LogP contribution in [0.5, 0.6) is 11.5 Å². The predicted molar refractivity (Wildman–Crippen MR) is 96.0 cm³/mol. The Morgan fingerprint density at radius 3 is 2.55 bits per heavy atom. The van der Waals surface area contributed by atoms with E-state index in [-0.39, 0.29) is 6.10 Å². The van der Waals surface area contributed by atoms with Gasteiger partial charge in [-0.2, -0.15) is 0 Å². The lowest BCUT2D eigenvalue weighted by Gasteiger charge is -2.17. The van der Waals surface area contributed by atoms with Crippen LogP contribution in [-0.2, 0) is 6.54 Å². The largest absolute Gasteiger partial charge is 0.490 e. The van der Waals surface area contributed by atoms with E-state index in [0.717, 1.165) is 42.0 Å². The van der Waals surface area contributed by atoms with Gasteiger partial charge in [-0.1, -0.05) is 15.9 Å². The van der Waals surface area contributed by atoms with Crippen molar-refractivity contribution in [3.63, 3.8) is 0 Å². The van der Waals surface area contributed by atoms with Gasteiger partial charge in [-0.3, -0.25) is 0 Å². The van der Waals surface area contributed by atoms with Gasteiger partial charge in [-0.05, 0) is 72.1 Å². The maximum absolute atomic E-state index is 5.82. The average Bonchev–Trinajstić information content (AvgIpc) is 2.42. The van der Waals surface area contributed by atoms with Crippen LogP contribution in [0.1, 0.15) is 32.8 Å². The molecule has 0 aliphatic heterocycles. The molecular formula is C17H29BrN2O2. The van der Waals surface area contributed by atoms with Crippen LogP contribution in [0.4, 0.5) is 0 Å². The van der Waals surface area contributed by atoms with E-state index >= 15 is 0 Å². The molecule has 0 radical (unpaired) electrons. The predicted octanol–water partition coefficient (Wildman–Crippen LogP) is 3.68. The van der Waals surface area contributed by atoms with Gasteiger partial charge < -0.3 is 19.7 Å². The summed E-state index contributed by atoms with van der Waals surface area (Å²) in [5, 5.41) is 3.47. The molecule has 0 saturated carbocycles. The third-order valence-electron chi connectivity index (χ3n) is 3.05. The topological polar surface area (TPSA) is 33.7 Å². The number of hydrogen-bond donors (Lipinski definition) is 1. The van der Waals surface area contributed by atoms with Crippen LogP contribution >= 0.6 is 15.9 Å². The minimum Gasteiger partial charge on any atom is -0.490 e. The van der Waals surface area contributed by atoms with Crippen molar-refractivity contribution in [2.45, 2.75) is 39.8 Å². The van der Waals surface area contributed by atoms with Crippen LogP contribution in [0.3, 0.4) is 0 Å². The smallest absolute Gasteiger partial charge is 0.162 e. The minimum atomic E-state index is 0.126. The summed E-state index contributed by atoms with van der Waals surface area (Å²) in [6.07, 6.45) is 1.26. The second-order valence-electron chi connectivity index (χ2n) is 5.82. The van der Waals surface area contributed by atoms with Gasteiger partial charge in [0.05, 0.1) is 12.7 Å².